The van der Waals surface area contributed by atoms with E-state index in [1.165, 1.54) is 11.3 Å². The molecule has 0 bridgehead atoms. The molecule has 0 spiro atoms. The van der Waals surface area contributed by atoms with Gasteiger partial charge in [-0.25, -0.2) is 13.4 Å². The number of carbonyl (C=O) groups excluding carboxylic acids is 1. The number of halogens is 1. The summed E-state index contributed by atoms with van der Waals surface area (Å²) in [4.78, 5) is 19.5. The van der Waals surface area contributed by atoms with E-state index in [-0.39, 0.29) is 17.4 Å². The molecule has 1 N–H and O–H groups in total. The number of hydrogen-bond donors (Lipinski definition) is 1. The Morgan fingerprint density at radius 1 is 1.14 bits per heavy atom. The lowest BCUT2D eigenvalue weighted by atomic mass is 10.0. The highest BCUT2D eigenvalue weighted by molar-refractivity contribution is 7.91. The monoisotopic (exact) mass is 435 g/mol. The number of hydrogen-bond acceptors (Lipinski definition) is 6. The summed E-state index contributed by atoms with van der Waals surface area (Å²) in [7, 11) is -3.03. The topological polar surface area (TPSA) is 79.4 Å². The van der Waals surface area contributed by atoms with E-state index in [1.54, 1.807) is 6.07 Å². The van der Waals surface area contributed by atoms with Crippen molar-refractivity contribution in [2.45, 2.75) is 6.04 Å². The number of nitrogens with zero attached hydrogens (tertiary/aromatic N) is 2. The highest BCUT2D eigenvalue weighted by Crippen LogP contribution is 2.30. The fourth-order valence-electron chi connectivity index (χ4n) is 3.27. The van der Waals surface area contributed by atoms with Crippen LogP contribution in [0.25, 0.3) is 10.2 Å². The van der Waals surface area contributed by atoms with E-state index in [9.17, 15) is 13.2 Å². The van der Waals surface area contributed by atoms with E-state index >= 15 is 0 Å². The number of rotatable bonds is 4. The summed E-state index contributed by atoms with van der Waals surface area (Å²) in [6.07, 6.45) is 0. The fourth-order valence-corrected chi connectivity index (χ4v) is 5.65. The molecule has 3 aromatic rings. The first-order valence-corrected chi connectivity index (χ1v) is 11.8. The van der Waals surface area contributed by atoms with Gasteiger partial charge in [-0.05, 0) is 23.8 Å². The summed E-state index contributed by atoms with van der Waals surface area (Å²) in [6.45, 7) is 0.648. The Hall–Kier alpha value is -2.00. The third kappa shape index (κ3) is 4.20. The average Bonchev–Trinajstić information content (AvgIpc) is 3.05. The van der Waals surface area contributed by atoms with Crippen molar-refractivity contribution in [3.63, 3.8) is 0 Å². The van der Waals surface area contributed by atoms with E-state index in [2.05, 4.69) is 10.3 Å². The molecule has 1 saturated heterocycles. The second-order valence-corrected chi connectivity index (χ2v) is 10.4. The second kappa shape index (κ2) is 7.79. The first-order valence-electron chi connectivity index (χ1n) is 8.78. The molecule has 1 atom stereocenters. The van der Waals surface area contributed by atoms with Gasteiger partial charge in [-0.1, -0.05) is 53.3 Å². The van der Waals surface area contributed by atoms with E-state index in [1.807, 2.05) is 47.4 Å². The zero-order valence-electron chi connectivity index (χ0n) is 14.8. The van der Waals surface area contributed by atoms with Crippen LogP contribution >= 0.6 is 22.9 Å². The predicted octanol–water partition coefficient (Wildman–Crippen LogP) is 3.36. The molecule has 4 rings (SSSR count). The molecule has 2 aromatic carbocycles. The van der Waals surface area contributed by atoms with Crippen molar-refractivity contribution >= 4 is 54.0 Å². The molecule has 6 nitrogen and oxygen atoms in total. The summed E-state index contributed by atoms with van der Waals surface area (Å²) in [6, 6.07) is 14.2. The molecule has 0 aliphatic carbocycles. The van der Waals surface area contributed by atoms with Crippen LogP contribution < -0.4 is 5.32 Å². The first-order chi connectivity index (χ1) is 13.4. The van der Waals surface area contributed by atoms with Crippen LogP contribution in [-0.4, -0.2) is 48.8 Å². The molecule has 1 aliphatic rings. The normalized spacial score (nSPS) is 18.0. The van der Waals surface area contributed by atoms with E-state index in [0.29, 0.717) is 23.2 Å². The van der Waals surface area contributed by atoms with E-state index < -0.39 is 15.9 Å². The van der Waals surface area contributed by atoms with Crippen LogP contribution in [0, 0.1) is 0 Å². The van der Waals surface area contributed by atoms with Crippen molar-refractivity contribution in [2.24, 2.45) is 0 Å². The predicted molar refractivity (Wildman–Crippen MR) is 113 cm³/mol. The fraction of sp³-hybridized carbons (Fsp3) is 0.263. The molecular weight excluding hydrogens is 418 g/mol. The Morgan fingerprint density at radius 2 is 1.86 bits per heavy atom. The third-order valence-corrected chi connectivity index (χ3v) is 7.47. The van der Waals surface area contributed by atoms with Crippen molar-refractivity contribution in [3.05, 3.63) is 59.1 Å². The molecule has 28 heavy (non-hydrogen) atoms. The van der Waals surface area contributed by atoms with Crippen LogP contribution in [-0.2, 0) is 14.6 Å². The minimum absolute atomic E-state index is 0.0588. The van der Waals surface area contributed by atoms with E-state index in [0.717, 1.165) is 15.8 Å². The lowest BCUT2D eigenvalue weighted by Gasteiger charge is -2.33. The van der Waals surface area contributed by atoms with Gasteiger partial charge in [-0.2, -0.15) is 0 Å². The van der Waals surface area contributed by atoms with Gasteiger partial charge in [0.05, 0.1) is 21.7 Å². The molecule has 0 radical (unpaired) electrons. The summed E-state index contributed by atoms with van der Waals surface area (Å²) in [5, 5.41) is 4.01. The number of benzene rings is 2. The maximum atomic E-state index is 13.2. The molecular formula is C19H18ClN3O3S2. The molecule has 1 aromatic heterocycles. The van der Waals surface area contributed by atoms with Gasteiger partial charge in [-0.15, -0.1) is 0 Å². The number of fused-ring (bicyclic) bond motifs is 1. The zero-order valence-corrected chi connectivity index (χ0v) is 17.2. The molecule has 0 saturated carbocycles. The van der Waals surface area contributed by atoms with Crippen molar-refractivity contribution < 1.29 is 13.2 Å². The molecule has 146 valence electrons. The zero-order chi connectivity index (χ0) is 19.7. The maximum Gasteiger partial charge on any atom is 0.248 e. The molecule has 2 heterocycles. The number of aromatic nitrogens is 1. The second-order valence-electron chi connectivity index (χ2n) is 6.62. The highest BCUT2D eigenvalue weighted by Gasteiger charge is 2.32. The van der Waals surface area contributed by atoms with Crippen molar-refractivity contribution in [1.29, 1.82) is 0 Å². The van der Waals surface area contributed by atoms with Gasteiger partial charge in [0.15, 0.2) is 15.0 Å². The first kappa shape index (κ1) is 19.3. The number of nitrogens with one attached hydrogen (secondary N) is 1. The Bertz CT molecular complexity index is 1100. The lowest BCUT2D eigenvalue weighted by molar-refractivity contribution is -0.121. The smallest absolute Gasteiger partial charge is 0.248 e. The molecule has 1 fully saturated rings. The number of carbonyl (C=O) groups is 1. The van der Waals surface area contributed by atoms with Crippen LogP contribution in [0.3, 0.4) is 0 Å². The summed E-state index contributed by atoms with van der Waals surface area (Å²) in [5.74, 6) is -0.109. The van der Waals surface area contributed by atoms with Crippen LogP contribution in [0.15, 0.2) is 48.5 Å². The Balaban J connectivity index is 1.61. The maximum absolute atomic E-state index is 13.2. The number of amides is 1. The van der Waals surface area contributed by atoms with Crippen LogP contribution in [0.4, 0.5) is 5.13 Å². The Labute approximate surface area is 172 Å². The summed E-state index contributed by atoms with van der Waals surface area (Å²) in [5.41, 5.74) is 1.59. The number of anilines is 1. The Morgan fingerprint density at radius 3 is 2.57 bits per heavy atom. The van der Waals surface area contributed by atoms with Gasteiger partial charge in [-0.3, -0.25) is 9.69 Å². The van der Waals surface area contributed by atoms with Crippen LogP contribution in [0.5, 0.6) is 0 Å². The van der Waals surface area contributed by atoms with Gasteiger partial charge in [0, 0.05) is 18.1 Å². The lowest BCUT2D eigenvalue weighted by Crippen LogP contribution is -2.46. The highest BCUT2D eigenvalue weighted by atomic mass is 35.5. The van der Waals surface area contributed by atoms with Gasteiger partial charge >= 0.3 is 0 Å². The van der Waals surface area contributed by atoms with E-state index in [4.69, 9.17) is 11.6 Å². The molecule has 1 unspecified atom stereocenters. The summed E-state index contributed by atoms with van der Waals surface area (Å²) >= 11 is 7.38. The van der Waals surface area contributed by atoms with Gasteiger partial charge in [0.25, 0.3) is 0 Å². The average molecular weight is 436 g/mol. The van der Waals surface area contributed by atoms with Crippen LogP contribution in [0.2, 0.25) is 5.02 Å². The van der Waals surface area contributed by atoms with Crippen LogP contribution in [0.1, 0.15) is 11.6 Å². The largest absolute Gasteiger partial charge is 0.300 e. The number of thiazole rings is 1. The van der Waals surface area contributed by atoms with Crippen molar-refractivity contribution in [3.8, 4) is 0 Å². The van der Waals surface area contributed by atoms with Crippen molar-refractivity contribution in [2.75, 3.05) is 29.9 Å². The van der Waals surface area contributed by atoms with Gasteiger partial charge < -0.3 is 5.32 Å². The molecule has 1 amide bonds. The standard InChI is InChI=1S/C19H18ClN3O3S2/c20-14-6-7-15-16(12-14)27-19(21-15)22-18(24)17(13-4-2-1-3-5-13)23-8-10-28(25,26)11-9-23/h1-7,12,17H,8-11H2,(H,21,22,24). The van der Waals surface area contributed by atoms with Gasteiger partial charge in [0.2, 0.25) is 5.91 Å². The quantitative estimate of drug-likeness (QED) is 0.679. The summed E-state index contributed by atoms with van der Waals surface area (Å²) < 4.78 is 24.5. The Kier molecular flexibility index (Phi) is 5.37. The molecule has 1 aliphatic heterocycles. The minimum atomic E-state index is -3.03. The SMILES string of the molecule is O=C(Nc1nc2ccc(Cl)cc2s1)C(c1ccccc1)N1CCS(=O)(=O)CC1. The van der Waals surface area contributed by atoms with Crippen molar-refractivity contribution in [1.82, 2.24) is 9.88 Å². The minimum Gasteiger partial charge on any atom is -0.300 e. The number of sulfone groups is 1. The van der Waals surface area contributed by atoms with Gasteiger partial charge in [0.1, 0.15) is 6.04 Å². The third-order valence-electron chi connectivity index (χ3n) is 4.69. The molecule has 9 heteroatoms.